The molecule has 2 rings (SSSR count). The lowest BCUT2D eigenvalue weighted by atomic mass is 10.1. The van der Waals surface area contributed by atoms with Crippen LogP contribution < -0.4 is 0 Å². The van der Waals surface area contributed by atoms with Crippen LogP contribution >= 0.6 is 11.6 Å². The van der Waals surface area contributed by atoms with Crippen molar-refractivity contribution in [3.8, 4) is 11.1 Å². The second-order valence-electron chi connectivity index (χ2n) is 3.49. The molecule has 0 aliphatic rings. The van der Waals surface area contributed by atoms with Crippen LogP contribution in [0.4, 0.5) is 8.78 Å². The van der Waals surface area contributed by atoms with Crippen LogP contribution in [0.15, 0.2) is 30.6 Å². The number of rotatable bonds is 3. The molecule has 0 aliphatic heterocycles. The van der Waals surface area contributed by atoms with Gasteiger partial charge in [0, 0.05) is 22.3 Å². The van der Waals surface area contributed by atoms with Crippen LogP contribution in [-0.2, 0) is 0 Å². The van der Waals surface area contributed by atoms with Gasteiger partial charge in [0.15, 0.2) is 0 Å². The third kappa shape index (κ3) is 2.33. The van der Waals surface area contributed by atoms with E-state index in [1.54, 1.807) is 0 Å². The summed E-state index contributed by atoms with van der Waals surface area (Å²) in [7, 11) is 0. The van der Waals surface area contributed by atoms with Crippen molar-refractivity contribution in [2.45, 2.75) is 6.55 Å². The van der Waals surface area contributed by atoms with E-state index in [1.165, 1.54) is 24.4 Å². The third-order valence-electron chi connectivity index (χ3n) is 2.33. The van der Waals surface area contributed by atoms with Gasteiger partial charge >= 0.3 is 12.5 Å². The first-order valence-electron chi connectivity index (χ1n) is 4.84. The highest BCUT2D eigenvalue weighted by Crippen LogP contribution is 2.29. The topological polar surface area (TPSA) is 55.1 Å². The molecule has 0 aliphatic carbocycles. The number of aromatic nitrogens is 2. The Bertz CT molecular complexity index is 598. The SMILES string of the molecule is O=C(O)c1ccc(-c2cnn(C(F)F)c2)c(Cl)c1. The molecule has 0 amide bonds. The Morgan fingerprint density at radius 3 is 2.67 bits per heavy atom. The van der Waals surface area contributed by atoms with E-state index in [1.807, 2.05) is 0 Å². The molecule has 94 valence electrons. The summed E-state index contributed by atoms with van der Waals surface area (Å²) in [4.78, 5) is 10.7. The molecule has 0 fully saturated rings. The number of benzene rings is 1. The zero-order valence-electron chi connectivity index (χ0n) is 8.85. The predicted octanol–water partition coefficient (Wildman–Crippen LogP) is 3.30. The molecule has 0 saturated carbocycles. The molecule has 7 heteroatoms. The fraction of sp³-hybridized carbons (Fsp3) is 0.0909. The van der Waals surface area contributed by atoms with Crippen LogP contribution in [-0.4, -0.2) is 20.9 Å². The minimum atomic E-state index is -2.73. The van der Waals surface area contributed by atoms with Crippen molar-refractivity contribution in [3.05, 3.63) is 41.2 Å². The largest absolute Gasteiger partial charge is 0.478 e. The molecule has 2 aromatic rings. The Balaban J connectivity index is 2.41. The first kappa shape index (κ1) is 12.5. The monoisotopic (exact) mass is 272 g/mol. The van der Waals surface area contributed by atoms with Gasteiger partial charge in [-0.15, -0.1) is 0 Å². The van der Waals surface area contributed by atoms with E-state index in [9.17, 15) is 13.6 Å². The van der Waals surface area contributed by atoms with E-state index in [2.05, 4.69) is 5.10 Å². The van der Waals surface area contributed by atoms with Crippen molar-refractivity contribution < 1.29 is 18.7 Å². The van der Waals surface area contributed by atoms with Gasteiger partial charge in [-0.2, -0.15) is 13.9 Å². The highest BCUT2D eigenvalue weighted by Gasteiger charge is 2.12. The number of carbonyl (C=O) groups is 1. The van der Waals surface area contributed by atoms with Crippen molar-refractivity contribution in [3.63, 3.8) is 0 Å². The second-order valence-corrected chi connectivity index (χ2v) is 3.89. The van der Waals surface area contributed by atoms with Gasteiger partial charge in [-0.1, -0.05) is 17.7 Å². The lowest BCUT2D eigenvalue weighted by Crippen LogP contribution is -1.97. The number of hydrogen-bond donors (Lipinski definition) is 1. The number of halogens is 3. The van der Waals surface area contributed by atoms with E-state index >= 15 is 0 Å². The molecule has 0 unspecified atom stereocenters. The molecular formula is C11H7ClF2N2O2. The maximum Gasteiger partial charge on any atom is 0.335 e. The normalized spacial score (nSPS) is 10.9. The fourth-order valence-corrected chi connectivity index (χ4v) is 1.76. The van der Waals surface area contributed by atoms with Gasteiger partial charge in [-0.25, -0.2) is 9.48 Å². The van der Waals surface area contributed by atoms with E-state index in [0.29, 0.717) is 15.8 Å². The van der Waals surface area contributed by atoms with Crippen molar-refractivity contribution in [1.29, 1.82) is 0 Å². The Morgan fingerprint density at radius 1 is 1.44 bits per heavy atom. The van der Waals surface area contributed by atoms with Crippen molar-refractivity contribution in [1.82, 2.24) is 9.78 Å². The highest BCUT2D eigenvalue weighted by molar-refractivity contribution is 6.33. The summed E-state index contributed by atoms with van der Waals surface area (Å²) in [6.07, 6.45) is 2.39. The predicted molar refractivity (Wildman–Crippen MR) is 60.9 cm³/mol. The van der Waals surface area contributed by atoms with Crippen LogP contribution in [0.2, 0.25) is 5.02 Å². The summed E-state index contributed by atoms with van der Waals surface area (Å²) in [5.74, 6) is -1.10. The Hall–Kier alpha value is -1.95. The average Bonchev–Trinajstić information content (AvgIpc) is 2.78. The minimum absolute atomic E-state index is 0.0324. The molecule has 1 aromatic heterocycles. The van der Waals surface area contributed by atoms with Crippen molar-refractivity contribution in [2.75, 3.05) is 0 Å². The number of carboxylic acid groups (broad SMARTS) is 1. The number of hydrogen-bond acceptors (Lipinski definition) is 2. The van der Waals surface area contributed by atoms with Gasteiger partial charge in [0.2, 0.25) is 0 Å². The summed E-state index contributed by atoms with van der Waals surface area (Å²) >= 11 is 5.91. The summed E-state index contributed by atoms with van der Waals surface area (Å²) in [5, 5.41) is 12.4. The second kappa shape index (κ2) is 4.73. The van der Waals surface area contributed by atoms with Gasteiger partial charge in [-0.05, 0) is 12.1 Å². The Labute approximate surface area is 105 Å². The molecule has 1 aromatic carbocycles. The summed E-state index contributed by atoms with van der Waals surface area (Å²) in [6.45, 7) is -2.73. The standard InChI is InChI=1S/C11H7ClF2N2O2/c12-9-3-6(10(17)18)1-2-8(9)7-4-15-16(5-7)11(13)14/h1-5,11H,(H,17,18). The smallest absolute Gasteiger partial charge is 0.335 e. The molecule has 0 atom stereocenters. The first-order chi connectivity index (χ1) is 8.49. The Kier molecular flexibility index (Phi) is 3.29. The van der Waals surface area contributed by atoms with Crippen LogP contribution in [0.3, 0.4) is 0 Å². The average molecular weight is 273 g/mol. The molecule has 0 saturated heterocycles. The molecule has 1 heterocycles. The number of nitrogens with zero attached hydrogens (tertiary/aromatic N) is 2. The maximum atomic E-state index is 12.4. The fourth-order valence-electron chi connectivity index (χ4n) is 1.47. The van der Waals surface area contributed by atoms with Crippen LogP contribution in [0.5, 0.6) is 0 Å². The highest BCUT2D eigenvalue weighted by atomic mass is 35.5. The molecular weight excluding hydrogens is 266 g/mol. The molecule has 4 nitrogen and oxygen atoms in total. The van der Waals surface area contributed by atoms with Gasteiger partial charge in [-0.3, -0.25) is 0 Å². The van der Waals surface area contributed by atoms with E-state index in [4.69, 9.17) is 16.7 Å². The van der Waals surface area contributed by atoms with E-state index in [0.717, 1.165) is 6.20 Å². The van der Waals surface area contributed by atoms with Crippen molar-refractivity contribution in [2.24, 2.45) is 0 Å². The van der Waals surface area contributed by atoms with E-state index in [-0.39, 0.29) is 10.6 Å². The molecule has 0 spiro atoms. The first-order valence-corrected chi connectivity index (χ1v) is 5.22. The van der Waals surface area contributed by atoms with Crippen molar-refractivity contribution >= 4 is 17.6 Å². The molecule has 1 N–H and O–H groups in total. The number of alkyl halides is 2. The summed E-state index contributed by atoms with van der Waals surface area (Å²) in [5.41, 5.74) is 0.885. The van der Waals surface area contributed by atoms with Gasteiger partial charge in [0.25, 0.3) is 0 Å². The summed E-state index contributed by atoms with van der Waals surface area (Å²) in [6, 6.07) is 4.07. The van der Waals surface area contributed by atoms with E-state index < -0.39 is 12.5 Å². The van der Waals surface area contributed by atoms with Crippen LogP contribution in [0.25, 0.3) is 11.1 Å². The lowest BCUT2D eigenvalue weighted by molar-refractivity contribution is 0.0566. The lowest BCUT2D eigenvalue weighted by Gasteiger charge is -2.02. The third-order valence-corrected chi connectivity index (χ3v) is 2.64. The quantitative estimate of drug-likeness (QED) is 0.933. The van der Waals surface area contributed by atoms with Crippen LogP contribution in [0.1, 0.15) is 16.9 Å². The molecule has 0 radical (unpaired) electrons. The van der Waals surface area contributed by atoms with Gasteiger partial charge in [0.05, 0.1) is 11.8 Å². The zero-order chi connectivity index (χ0) is 13.3. The van der Waals surface area contributed by atoms with Crippen LogP contribution in [0, 0.1) is 0 Å². The Morgan fingerprint density at radius 2 is 2.17 bits per heavy atom. The maximum absolute atomic E-state index is 12.4. The van der Waals surface area contributed by atoms with Gasteiger partial charge in [0.1, 0.15) is 0 Å². The molecule has 0 bridgehead atoms. The number of aromatic carboxylic acids is 1. The number of carboxylic acids is 1. The molecule has 18 heavy (non-hydrogen) atoms. The zero-order valence-corrected chi connectivity index (χ0v) is 9.60. The van der Waals surface area contributed by atoms with Gasteiger partial charge < -0.3 is 5.11 Å². The minimum Gasteiger partial charge on any atom is -0.478 e. The summed E-state index contributed by atoms with van der Waals surface area (Å²) < 4.78 is 25.2.